The minimum atomic E-state index is -0.524. The van der Waals surface area contributed by atoms with Crippen LogP contribution in [0.25, 0.3) is 0 Å². The van der Waals surface area contributed by atoms with Crippen LogP contribution in [-0.2, 0) is 16.0 Å². The summed E-state index contributed by atoms with van der Waals surface area (Å²) in [7, 11) is 0. The van der Waals surface area contributed by atoms with E-state index in [1.807, 2.05) is 0 Å². The molecule has 1 aliphatic heterocycles. The normalized spacial score (nSPS) is 17.9. The summed E-state index contributed by atoms with van der Waals surface area (Å²) in [4.78, 5) is 25.0. The first-order valence-corrected chi connectivity index (χ1v) is 6.59. The van der Waals surface area contributed by atoms with Gasteiger partial charge in [0.1, 0.15) is 5.82 Å². The lowest BCUT2D eigenvalue weighted by Crippen LogP contribution is -2.46. The molecule has 0 saturated carbocycles. The van der Waals surface area contributed by atoms with Crippen molar-refractivity contribution in [2.24, 2.45) is 5.73 Å². The minimum Gasteiger partial charge on any atom is -0.368 e. The van der Waals surface area contributed by atoms with Crippen molar-refractivity contribution in [1.82, 2.24) is 10.2 Å². The quantitative estimate of drug-likeness (QED) is 0.799. The topological polar surface area (TPSA) is 75.4 Å². The second-order valence-electron chi connectivity index (χ2n) is 4.94. The van der Waals surface area contributed by atoms with Gasteiger partial charge in [-0.05, 0) is 30.7 Å². The number of amides is 2. The van der Waals surface area contributed by atoms with Gasteiger partial charge in [-0.3, -0.25) is 9.59 Å². The van der Waals surface area contributed by atoms with Crippen molar-refractivity contribution in [2.45, 2.75) is 18.9 Å². The van der Waals surface area contributed by atoms with Crippen LogP contribution in [0, 0.1) is 5.82 Å². The number of hydrogen-bond donors (Lipinski definition) is 2. The number of halogens is 1. The third-order valence-electron chi connectivity index (χ3n) is 3.39. The van der Waals surface area contributed by atoms with Crippen molar-refractivity contribution >= 4 is 11.8 Å². The molecular formula is C14H18FN3O2. The van der Waals surface area contributed by atoms with Gasteiger partial charge in [0.05, 0.1) is 13.0 Å². The maximum atomic E-state index is 12.8. The van der Waals surface area contributed by atoms with E-state index in [9.17, 15) is 14.0 Å². The number of hydrogen-bond acceptors (Lipinski definition) is 3. The Balaban J connectivity index is 2.05. The Kier molecular flexibility index (Phi) is 4.68. The van der Waals surface area contributed by atoms with E-state index in [1.54, 1.807) is 12.1 Å². The Labute approximate surface area is 116 Å². The van der Waals surface area contributed by atoms with E-state index in [1.165, 1.54) is 17.0 Å². The molecule has 1 unspecified atom stereocenters. The molecule has 1 atom stereocenters. The first-order chi connectivity index (χ1) is 9.56. The number of primary amides is 1. The Morgan fingerprint density at radius 2 is 2.05 bits per heavy atom. The zero-order chi connectivity index (χ0) is 14.5. The highest BCUT2D eigenvalue weighted by Gasteiger charge is 2.27. The van der Waals surface area contributed by atoms with Crippen LogP contribution >= 0.6 is 0 Å². The van der Waals surface area contributed by atoms with Gasteiger partial charge in [0.15, 0.2) is 0 Å². The van der Waals surface area contributed by atoms with E-state index in [2.05, 4.69) is 5.32 Å². The fourth-order valence-corrected chi connectivity index (χ4v) is 2.37. The Bertz CT molecular complexity index is 484. The highest BCUT2D eigenvalue weighted by Crippen LogP contribution is 2.12. The lowest BCUT2D eigenvalue weighted by Gasteiger charge is -2.27. The van der Waals surface area contributed by atoms with Gasteiger partial charge in [-0.15, -0.1) is 0 Å². The summed E-state index contributed by atoms with van der Waals surface area (Å²) in [5.74, 6) is -1.02. The summed E-state index contributed by atoms with van der Waals surface area (Å²) in [5.41, 5.74) is 5.93. The molecule has 0 radical (unpaired) electrons. The van der Waals surface area contributed by atoms with Crippen molar-refractivity contribution in [1.29, 1.82) is 0 Å². The number of carbonyl (C=O) groups excluding carboxylic acids is 2. The predicted octanol–water partition coefficient (Wildman–Crippen LogP) is 0.0440. The molecule has 0 aliphatic carbocycles. The first kappa shape index (κ1) is 14.5. The van der Waals surface area contributed by atoms with Crippen LogP contribution in [0.3, 0.4) is 0 Å². The van der Waals surface area contributed by atoms with E-state index >= 15 is 0 Å². The van der Waals surface area contributed by atoms with Gasteiger partial charge in [-0.25, -0.2) is 4.39 Å². The lowest BCUT2D eigenvalue weighted by atomic mass is 10.1. The van der Waals surface area contributed by atoms with Crippen LogP contribution < -0.4 is 11.1 Å². The zero-order valence-electron chi connectivity index (χ0n) is 11.1. The van der Waals surface area contributed by atoms with E-state index < -0.39 is 5.91 Å². The molecule has 0 spiro atoms. The summed E-state index contributed by atoms with van der Waals surface area (Å²) < 4.78 is 12.8. The Hall–Kier alpha value is -1.95. The predicted molar refractivity (Wildman–Crippen MR) is 72.3 cm³/mol. The number of nitrogens with two attached hydrogens (primary N) is 1. The number of nitrogens with zero attached hydrogens (tertiary/aromatic N) is 1. The maximum absolute atomic E-state index is 12.8. The fraction of sp³-hybridized carbons (Fsp3) is 0.429. The summed E-state index contributed by atoms with van der Waals surface area (Å²) in [6.07, 6.45) is 0.951. The number of rotatable bonds is 5. The molecule has 108 valence electrons. The summed E-state index contributed by atoms with van der Waals surface area (Å²) in [6.45, 7) is 1.42. The number of carbonyl (C=O) groups is 2. The Morgan fingerprint density at radius 1 is 1.35 bits per heavy atom. The van der Waals surface area contributed by atoms with Crippen molar-refractivity contribution in [3.8, 4) is 0 Å². The molecule has 1 aliphatic rings. The molecule has 0 aromatic heterocycles. The van der Waals surface area contributed by atoms with Gasteiger partial charge >= 0.3 is 0 Å². The van der Waals surface area contributed by atoms with Crippen LogP contribution in [0.15, 0.2) is 24.3 Å². The number of benzene rings is 1. The van der Waals surface area contributed by atoms with Gasteiger partial charge in [-0.2, -0.15) is 0 Å². The summed E-state index contributed by atoms with van der Waals surface area (Å²) >= 11 is 0. The largest absolute Gasteiger partial charge is 0.368 e. The molecular weight excluding hydrogens is 261 g/mol. The second-order valence-corrected chi connectivity index (χ2v) is 4.94. The SMILES string of the molecule is NC(=O)CN(C(=O)Cc1ccc(F)cc1)C1CCNC1. The maximum Gasteiger partial charge on any atom is 0.237 e. The molecule has 1 fully saturated rings. The summed E-state index contributed by atoms with van der Waals surface area (Å²) in [5, 5.41) is 3.16. The smallest absolute Gasteiger partial charge is 0.237 e. The lowest BCUT2D eigenvalue weighted by molar-refractivity contribution is -0.136. The second kappa shape index (κ2) is 6.47. The molecule has 3 N–H and O–H groups in total. The third kappa shape index (κ3) is 3.77. The average Bonchev–Trinajstić information content (AvgIpc) is 2.92. The van der Waals surface area contributed by atoms with Gasteiger partial charge in [0.2, 0.25) is 11.8 Å². The first-order valence-electron chi connectivity index (χ1n) is 6.59. The highest BCUT2D eigenvalue weighted by molar-refractivity contribution is 5.85. The van der Waals surface area contributed by atoms with Crippen LogP contribution in [0.2, 0.25) is 0 Å². The van der Waals surface area contributed by atoms with E-state index in [0.29, 0.717) is 6.54 Å². The van der Waals surface area contributed by atoms with E-state index in [0.717, 1.165) is 18.5 Å². The molecule has 2 amide bonds. The van der Waals surface area contributed by atoms with Gasteiger partial charge in [-0.1, -0.05) is 12.1 Å². The van der Waals surface area contributed by atoms with Crippen molar-refractivity contribution in [3.05, 3.63) is 35.6 Å². The van der Waals surface area contributed by atoms with Crippen LogP contribution in [0.1, 0.15) is 12.0 Å². The van der Waals surface area contributed by atoms with Crippen LogP contribution in [0.5, 0.6) is 0 Å². The molecule has 1 heterocycles. The minimum absolute atomic E-state index is 0.00421. The molecule has 20 heavy (non-hydrogen) atoms. The zero-order valence-corrected chi connectivity index (χ0v) is 11.1. The standard InChI is InChI=1S/C14H18FN3O2/c15-11-3-1-10(2-4-11)7-14(20)18(9-13(16)19)12-5-6-17-8-12/h1-4,12,17H,5-9H2,(H2,16,19). The van der Waals surface area contributed by atoms with Crippen molar-refractivity contribution in [2.75, 3.05) is 19.6 Å². The van der Waals surface area contributed by atoms with E-state index in [-0.39, 0.29) is 30.7 Å². The molecule has 2 rings (SSSR count). The van der Waals surface area contributed by atoms with Crippen molar-refractivity contribution in [3.63, 3.8) is 0 Å². The molecule has 1 aromatic carbocycles. The average molecular weight is 279 g/mol. The fourth-order valence-electron chi connectivity index (χ4n) is 2.37. The van der Waals surface area contributed by atoms with Gasteiger partial charge < -0.3 is 16.0 Å². The molecule has 6 heteroatoms. The summed E-state index contributed by atoms with van der Waals surface area (Å²) in [6, 6.07) is 5.78. The Morgan fingerprint density at radius 3 is 2.60 bits per heavy atom. The monoisotopic (exact) mass is 279 g/mol. The van der Waals surface area contributed by atoms with Gasteiger partial charge in [0, 0.05) is 12.6 Å². The van der Waals surface area contributed by atoms with Crippen LogP contribution in [-0.4, -0.2) is 42.4 Å². The highest BCUT2D eigenvalue weighted by atomic mass is 19.1. The molecule has 1 aromatic rings. The number of nitrogens with one attached hydrogen (secondary N) is 1. The van der Waals surface area contributed by atoms with Crippen LogP contribution in [0.4, 0.5) is 4.39 Å². The van der Waals surface area contributed by atoms with E-state index in [4.69, 9.17) is 5.73 Å². The van der Waals surface area contributed by atoms with Crippen molar-refractivity contribution < 1.29 is 14.0 Å². The third-order valence-corrected chi connectivity index (χ3v) is 3.39. The molecule has 5 nitrogen and oxygen atoms in total. The molecule has 0 bridgehead atoms. The van der Waals surface area contributed by atoms with Gasteiger partial charge in [0.25, 0.3) is 0 Å². The molecule has 1 saturated heterocycles.